The molecule has 1 aromatic heterocycles. The van der Waals surface area contributed by atoms with Crippen molar-refractivity contribution >= 4 is 46.4 Å². The van der Waals surface area contributed by atoms with E-state index in [-0.39, 0.29) is 17.9 Å². The van der Waals surface area contributed by atoms with Gasteiger partial charge in [0.25, 0.3) is 5.91 Å². The van der Waals surface area contributed by atoms with Gasteiger partial charge >= 0.3 is 0 Å². The Kier molecular flexibility index (Phi) is 6.42. The van der Waals surface area contributed by atoms with Gasteiger partial charge in [-0.2, -0.15) is 0 Å². The van der Waals surface area contributed by atoms with Crippen molar-refractivity contribution in [2.45, 2.75) is 31.3 Å². The number of rotatable bonds is 7. The second-order valence-electron chi connectivity index (χ2n) is 7.32. The number of thiophene rings is 1. The molecule has 2 aromatic carbocycles. The fourth-order valence-electron chi connectivity index (χ4n) is 3.13. The Labute approximate surface area is 189 Å². The van der Waals surface area contributed by atoms with Crippen molar-refractivity contribution in [3.63, 3.8) is 0 Å². The first-order valence-electron chi connectivity index (χ1n) is 9.69. The van der Waals surface area contributed by atoms with Crippen molar-refractivity contribution in [1.82, 2.24) is 10.6 Å². The minimum absolute atomic E-state index is 0.145. The first kappa shape index (κ1) is 20.9. The summed E-state index contributed by atoms with van der Waals surface area (Å²) in [5.74, 6) is -0.417. The Balaban J connectivity index is 1.50. The number of amides is 2. The fraction of sp³-hybridized carbons (Fsp3) is 0.217. The number of hydrogen-bond donors (Lipinski definition) is 2. The molecule has 1 saturated carbocycles. The number of hydrogen-bond acceptors (Lipinski definition) is 3. The summed E-state index contributed by atoms with van der Waals surface area (Å²) in [6.45, 7) is 0. The van der Waals surface area contributed by atoms with Gasteiger partial charge in [0.05, 0.1) is 4.88 Å². The molecule has 3 aromatic rings. The molecular weight excluding hydrogens is 439 g/mol. The predicted molar refractivity (Wildman–Crippen MR) is 122 cm³/mol. The van der Waals surface area contributed by atoms with E-state index in [1.807, 2.05) is 48.5 Å². The molecule has 0 aliphatic heterocycles. The Morgan fingerprint density at radius 2 is 1.70 bits per heavy atom. The van der Waals surface area contributed by atoms with Gasteiger partial charge in [0.2, 0.25) is 5.91 Å². The van der Waals surface area contributed by atoms with E-state index in [1.165, 1.54) is 11.3 Å². The lowest BCUT2D eigenvalue weighted by molar-refractivity contribution is -0.123. The number of carbonyl (C=O) groups is 2. The fourth-order valence-corrected chi connectivity index (χ4v) is 4.55. The molecule has 1 fully saturated rings. The molecule has 2 N–H and O–H groups in total. The largest absolute Gasteiger partial charge is 0.352 e. The second kappa shape index (κ2) is 9.21. The molecule has 1 aliphatic rings. The van der Waals surface area contributed by atoms with Gasteiger partial charge in [0.15, 0.2) is 0 Å². The summed E-state index contributed by atoms with van der Waals surface area (Å²) in [7, 11) is 0. The molecule has 4 nitrogen and oxygen atoms in total. The highest BCUT2D eigenvalue weighted by atomic mass is 35.5. The van der Waals surface area contributed by atoms with Crippen molar-refractivity contribution < 1.29 is 9.59 Å². The lowest BCUT2D eigenvalue weighted by Gasteiger charge is -2.18. The van der Waals surface area contributed by atoms with Crippen LogP contribution in [0.5, 0.6) is 0 Å². The van der Waals surface area contributed by atoms with Crippen LogP contribution in [0.4, 0.5) is 0 Å². The molecule has 0 saturated heterocycles. The molecule has 1 aliphatic carbocycles. The third kappa shape index (κ3) is 5.42. The minimum Gasteiger partial charge on any atom is -0.352 e. The molecular formula is C23H20Cl2N2O2S. The summed E-state index contributed by atoms with van der Waals surface area (Å²) in [4.78, 5) is 27.0. The van der Waals surface area contributed by atoms with E-state index in [4.69, 9.17) is 23.2 Å². The minimum atomic E-state index is -0.633. The van der Waals surface area contributed by atoms with Gasteiger partial charge < -0.3 is 10.6 Å². The van der Waals surface area contributed by atoms with E-state index < -0.39 is 6.04 Å². The smallest absolute Gasteiger partial charge is 0.262 e. The molecule has 30 heavy (non-hydrogen) atoms. The Hall–Kier alpha value is -2.34. The van der Waals surface area contributed by atoms with Crippen LogP contribution in [-0.4, -0.2) is 23.9 Å². The van der Waals surface area contributed by atoms with Crippen LogP contribution in [0.1, 0.15) is 28.1 Å². The molecule has 0 spiro atoms. The maximum Gasteiger partial charge on any atom is 0.262 e. The summed E-state index contributed by atoms with van der Waals surface area (Å²) >= 11 is 13.5. The number of halogens is 2. The van der Waals surface area contributed by atoms with Crippen molar-refractivity contribution in [1.29, 1.82) is 0 Å². The van der Waals surface area contributed by atoms with Crippen molar-refractivity contribution in [3.05, 3.63) is 81.1 Å². The maximum absolute atomic E-state index is 12.9. The Morgan fingerprint density at radius 3 is 2.37 bits per heavy atom. The molecule has 0 bridgehead atoms. The van der Waals surface area contributed by atoms with Gasteiger partial charge in [-0.3, -0.25) is 9.59 Å². The Morgan fingerprint density at radius 1 is 1.00 bits per heavy atom. The third-order valence-electron chi connectivity index (χ3n) is 4.81. The molecule has 1 heterocycles. The molecule has 2 amide bonds. The van der Waals surface area contributed by atoms with Gasteiger partial charge in [0, 0.05) is 27.4 Å². The monoisotopic (exact) mass is 458 g/mol. The zero-order valence-corrected chi connectivity index (χ0v) is 18.4. The Bertz CT molecular complexity index is 1040. The van der Waals surface area contributed by atoms with Crippen LogP contribution in [0.15, 0.2) is 60.7 Å². The number of benzene rings is 2. The van der Waals surface area contributed by atoms with Crippen molar-refractivity contribution in [2.75, 3.05) is 0 Å². The highest BCUT2D eigenvalue weighted by Crippen LogP contribution is 2.32. The van der Waals surface area contributed by atoms with Crippen molar-refractivity contribution in [3.8, 4) is 10.4 Å². The van der Waals surface area contributed by atoms with Crippen LogP contribution in [0.3, 0.4) is 0 Å². The van der Waals surface area contributed by atoms with Crippen LogP contribution >= 0.6 is 34.5 Å². The van der Waals surface area contributed by atoms with Crippen molar-refractivity contribution in [2.24, 2.45) is 0 Å². The number of nitrogens with one attached hydrogen (secondary N) is 2. The highest BCUT2D eigenvalue weighted by molar-refractivity contribution is 7.17. The molecule has 7 heteroatoms. The quantitative estimate of drug-likeness (QED) is 0.501. The van der Waals surface area contributed by atoms with Crippen LogP contribution in [0, 0.1) is 0 Å². The van der Waals surface area contributed by atoms with Gasteiger partial charge in [0.1, 0.15) is 6.04 Å². The first-order chi connectivity index (χ1) is 14.5. The third-order valence-corrected chi connectivity index (χ3v) is 6.37. The van der Waals surface area contributed by atoms with E-state index in [0.717, 1.165) is 28.8 Å². The molecule has 4 rings (SSSR count). The molecule has 1 atom stereocenters. The maximum atomic E-state index is 12.9. The first-order valence-corrected chi connectivity index (χ1v) is 11.3. The summed E-state index contributed by atoms with van der Waals surface area (Å²) in [6, 6.07) is 18.2. The van der Waals surface area contributed by atoms with Crippen LogP contribution < -0.4 is 10.6 Å². The summed E-state index contributed by atoms with van der Waals surface area (Å²) in [6.07, 6.45) is 2.43. The van der Waals surface area contributed by atoms with Gasteiger partial charge in [-0.25, -0.2) is 0 Å². The van der Waals surface area contributed by atoms with Gasteiger partial charge in [-0.1, -0.05) is 53.5 Å². The lowest BCUT2D eigenvalue weighted by atomic mass is 10.1. The second-order valence-corrected chi connectivity index (χ2v) is 9.28. The van der Waals surface area contributed by atoms with E-state index in [9.17, 15) is 9.59 Å². The standard InChI is InChI=1S/C23H20Cl2N2O2S/c24-16-11-15(12-17(25)13-16)20-8-9-21(30-20)23(29)27-19(22(28)26-18-6-7-18)10-14-4-2-1-3-5-14/h1-5,8-9,11-13,18-19H,6-7,10H2,(H,26,28)(H,27,29). The summed E-state index contributed by atoms with van der Waals surface area (Å²) in [5.41, 5.74) is 1.85. The predicted octanol–water partition coefficient (Wildman–Crippen LogP) is 5.34. The van der Waals surface area contributed by atoms with Gasteiger partial charge in [-0.15, -0.1) is 11.3 Å². The molecule has 1 unspecified atom stereocenters. The highest BCUT2D eigenvalue weighted by Gasteiger charge is 2.29. The average Bonchev–Trinajstić information content (AvgIpc) is 3.38. The molecule has 154 valence electrons. The van der Waals surface area contributed by atoms with Gasteiger partial charge in [-0.05, 0) is 54.3 Å². The normalized spacial score (nSPS) is 14.2. The van der Waals surface area contributed by atoms with E-state index in [0.29, 0.717) is 21.3 Å². The summed E-state index contributed by atoms with van der Waals surface area (Å²) in [5, 5.41) is 6.98. The van der Waals surface area contributed by atoms with E-state index in [1.54, 1.807) is 12.1 Å². The van der Waals surface area contributed by atoms with E-state index >= 15 is 0 Å². The molecule has 0 radical (unpaired) electrons. The van der Waals surface area contributed by atoms with E-state index in [2.05, 4.69) is 10.6 Å². The zero-order chi connectivity index (χ0) is 21.1. The summed E-state index contributed by atoms with van der Waals surface area (Å²) < 4.78 is 0. The zero-order valence-electron chi connectivity index (χ0n) is 16.0. The SMILES string of the molecule is O=C(NC(Cc1ccccc1)C(=O)NC1CC1)c1ccc(-c2cc(Cl)cc(Cl)c2)s1. The average molecular weight is 459 g/mol. The van der Waals surface area contributed by atoms with Crippen LogP contribution in [0.2, 0.25) is 10.0 Å². The van der Waals surface area contributed by atoms with Crippen LogP contribution in [0.25, 0.3) is 10.4 Å². The lowest BCUT2D eigenvalue weighted by Crippen LogP contribution is -2.48. The van der Waals surface area contributed by atoms with Crippen LogP contribution in [-0.2, 0) is 11.2 Å². The number of carbonyl (C=O) groups excluding carboxylic acids is 2. The topological polar surface area (TPSA) is 58.2 Å².